The fourth-order valence-electron chi connectivity index (χ4n) is 1.81. The highest BCUT2D eigenvalue weighted by molar-refractivity contribution is 5.19. The van der Waals surface area contributed by atoms with E-state index in [-0.39, 0.29) is 5.82 Å². The molecule has 0 aromatic heterocycles. The fourth-order valence-corrected chi connectivity index (χ4v) is 1.81. The standard InChI is InChI=1S/C15H14F3N/c16-13-3-1-2-11(8-13)6-7-19-10-12-4-5-14(17)9-15(12)18/h1-5,8-9,19H,6-7,10H2. The van der Waals surface area contributed by atoms with Gasteiger partial charge in [-0.15, -0.1) is 0 Å². The van der Waals surface area contributed by atoms with Crippen LogP contribution < -0.4 is 5.32 Å². The molecule has 19 heavy (non-hydrogen) atoms. The first-order valence-electron chi connectivity index (χ1n) is 6.04. The van der Waals surface area contributed by atoms with Gasteiger partial charge in [0, 0.05) is 18.2 Å². The van der Waals surface area contributed by atoms with E-state index in [0.29, 0.717) is 25.1 Å². The third-order valence-electron chi connectivity index (χ3n) is 2.81. The molecule has 0 heterocycles. The summed E-state index contributed by atoms with van der Waals surface area (Å²) in [6.07, 6.45) is 0.653. The van der Waals surface area contributed by atoms with Crippen molar-refractivity contribution in [1.82, 2.24) is 5.32 Å². The van der Waals surface area contributed by atoms with E-state index in [4.69, 9.17) is 0 Å². The van der Waals surface area contributed by atoms with Gasteiger partial charge in [0.25, 0.3) is 0 Å². The van der Waals surface area contributed by atoms with Crippen LogP contribution in [0.4, 0.5) is 13.2 Å². The number of hydrogen-bond acceptors (Lipinski definition) is 1. The molecule has 2 aromatic rings. The van der Waals surface area contributed by atoms with Crippen LogP contribution in [0.5, 0.6) is 0 Å². The lowest BCUT2D eigenvalue weighted by Gasteiger charge is -2.06. The zero-order valence-corrected chi connectivity index (χ0v) is 10.3. The first-order valence-corrected chi connectivity index (χ1v) is 6.04. The quantitative estimate of drug-likeness (QED) is 0.817. The molecule has 0 radical (unpaired) electrons. The minimum absolute atomic E-state index is 0.262. The van der Waals surface area contributed by atoms with Crippen molar-refractivity contribution in [3.05, 3.63) is 71.0 Å². The van der Waals surface area contributed by atoms with Crippen molar-refractivity contribution in [3.8, 4) is 0 Å². The van der Waals surface area contributed by atoms with Crippen molar-refractivity contribution in [3.63, 3.8) is 0 Å². The van der Waals surface area contributed by atoms with Gasteiger partial charge >= 0.3 is 0 Å². The summed E-state index contributed by atoms with van der Waals surface area (Å²) in [6, 6.07) is 9.87. The van der Waals surface area contributed by atoms with Crippen LogP contribution in [0.15, 0.2) is 42.5 Å². The van der Waals surface area contributed by atoms with Crippen LogP contribution in [0.1, 0.15) is 11.1 Å². The van der Waals surface area contributed by atoms with Crippen molar-refractivity contribution in [2.75, 3.05) is 6.54 Å². The number of benzene rings is 2. The molecule has 0 spiro atoms. The molecule has 0 saturated carbocycles. The smallest absolute Gasteiger partial charge is 0.130 e. The molecule has 4 heteroatoms. The highest BCUT2D eigenvalue weighted by atomic mass is 19.1. The molecule has 1 nitrogen and oxygen atoms in total. The topological polar surface area (TPSA) is 12.0 Å². The largest absolute Gasteiger partial charge is 0.312 e. The van der Waals surface area contributed by atoms with E-state index >= 15 is 0 Å². The Morgan fingerprint density at radius 1 is 0.895 bits per heavy atom. The maximum absolute atomic E-state index is 13.3. The Labute approximate surface area is 110 Å². The van der Waals surface area contributed by atoms with Crippen LogP contribution in [0.3, 0.4) is 0 Å². The molecule has 0 bridgehead atoms. The molecule has 0 amide bonds. The van der Waals surface area contributed by atoms with E-state index in [9.17, 15) is 13.2 Å². The molecule has 2 rings (SSSR count). The Kier molecular flexibility index (Phi) is 4.58. The van der Waals surface area contributed by atoms with Crippen LogP contribution in [-0.4, -0.2) is 6.54 Å². The lowest BCUT2D eigenvalue weighted by molar-refractivity contribution is 0.560. The monoisotopic (exact) mass is 265 g/mol. The highest BCUT2D eigenvalue weighted by Crippen LogP contribution is 2.09. The molecule has 0 fully saturated rings. The minimum Gasteiger partial charge on any atom is -0.312 e. The van der Waals surface area contributed by atoms with Gasteiger partial charge in [-0.25, -0.2) is 13.2 Å². The Morgan fingerprint density at radius 3 is 2.42 bits per heavy atom. The van der Waals surface area contributed by atoms with E-state index in [0.717, 1.165) is 11.6 Å². The second-order valence-corrected chi connectivity index (χ2v) is 4.29. The number of hydrogen-bond donors (Lipinski definition) is 1. The zero-order chi connectivity index (χ0) is 13.7. The Morgan fingerprint density at radius 2 is 1.68 bits per heavy atom. The molecule has 0 saturated heterocycles. The normalized spacial score (nSPS) is 10.7. The molecular weight excluding hydrogens is 251 g/mol. The average molecular weight is 265 g/mol. The lowest BCUT2D eigenvalue weighted by atomic mass is 10.1. The van der Waals surface area contributed by atoms with Gasteiger partial charge in [0.2, 0.25) is 0 Å². The van der Waals surface area contributed by atoms with E-state index < -0.39 is 11.6 Å². The summed E-state index contributed by atoms with van der Waals surface area (Å²) in [5, 5.41) is 3.05. The molecule has 1 N–H and O–H groups in total. The van der Waals surface area contributed by atoms with E-state index in [1.807, 2.05) is 6.07 Å². The summed E-state index contributed by atoms with van der Waals surface area (Å²) in [4.78, 5) is 0. The van der Waals surface area contributed by atoms with Crippen molar-refractivity contribution in [2.24, 2.45) is 0 Å². The molecule has 0 aliphatic carbocycles. The van der Waals surface area contributed by atoms with Gasteiger partial charge in [-0.05, 0) is 36.7 Å². The first kappa shape index (κ1) is 13.6. The molecular formula is C15H14F3N. The van der Waals surface area contributed by atoms with Gasteiger partial charge in [0.05, 0.1) is 0 Å². The zero-order valence-electron chi connectivity index (χ0n) is 10.3. The predicted molar refractivity (Wildman–Crippen MR) is 68.2 cm³/mol. The van der Waals surface area contributed by atoms with Crippen LogP contribution in [0, 0.1) is 17.5 Å². The number of rotatable bonds is 5. The first-order chi connectivity index (χ1) is 9.15. The predicted octanol–water partition coefficient (Wildman–Crippen LogP) is 3.44. The lowest BCUT2D eigenvalue weighted by Crippen LogP contribution is -2.17. The average Bonchev–Trinajstić information content (AvgIpc) is 2.37. The molecule has 0 atom stereocenters. The van der Waals surface area contributed by atoms with E-state index in [1.54, 1.807) is 6.07 Å². The molecule has 0 aliphatic heterocycles. The Bertz CT molecular complexity index is 555. The molecule has 0 aliphatic rings. The maximum Gasteiger partial charge on any atom is 0.130 e. The summed E-state index contributed by atoms with van der Waals surface area (Å²) in [5.41, 5.74) is 1.30. The van der Waals surface area contributed by atoms with Gasteiger partial charge in [0.15, 0.2) is 0 Å². The van der Waals surface area contributed by atoms with Crippen molar-refractivity contribution in [1.29, 1.82) is 0 Å². The third kappa shape index (κ3) is 4.10. The van der Waals surface area contributed by atoms with Crippen molar-refractivity contribution in [2.45, 2.75) is 13.0 Å². The van der Waals surface area contributed by atoms with Crippen LogP contribution in [0.25, 0.3) is 0 Å². The summed E-state index contributed by atoms with van der Waals surface area (Å²) in [7, 11) is 0. The van der Waals surface area contributed by atoms with Gasteiger partial charge in [-0.2, -0.15) is 0 Å². The highest BCUT2D eigenvalue weighted by Gasteiger charge is 2.03. The summed E-state index contributed by atoms with van der Waals surface area (Å²) in [5.74, 6) is -1.40. The molecule has 0 unspecified atom stereocenters. The second kappa shape index (κ2) is 6.38. The molecule has 2 aromatic carbocycles. The van der Waals surface area contributed by atoms with Gasteiger partial charge in [0.1, 0.15) is 17.5 Å². The Balaban J connectivity index is 1.81. The van der Waals surface area contributed by atoms with Crippen LogP contribution in [0.2, 0.25) is 0 Å². The van der Waals surface area contributed by atoms with Crippen molar-refractivity contribution < 1.29 is 13.2 Å². The number of halogens is 3. The van der Waals surface area contributed by atoms with Gasteiger partial charge in [-0.3, -0.25) is 0 Å². The Hall–Kier alpha value is -1.81. The van der Waals surface area contributed by atoms with Crippen molar-refractivity contribution >= 4 is 0 Å². The van der Waals surface area contributed by atoms with E-state index in [1.165, 1.54) is 24.3 Å². The number of nitrogens with one attached hydrogen (secondary N) is 1. The fraction of sp³-hybridized carbons (Fsp3) is 0.200. The minimum atomic E-state index is -0.582. The van der Waals surface area contributed by atoms with Crippen LogP contribution >= 0.6 is 0 Å². The van der Waals surface area contributed by atoms with Crippen LogP contribution in [-0.2, 0) is 13.0 Å². The van der Waals surface area contributed by atoms with Gasteiger partial charge in [-0.1, -0.05) is 18.2 Å². The summed E-state index contributed by atoms with van der Waals surface area (Å²) < 4.78 is 38.9. The summed E-state index contributed by atoms with van der Waals surface area (Å²) >= 11 is 0. The second-order valence-electron chi connectivity index (χ2n) is 4.29. The van der Waals surface area contributed by atoms with Gasteiger partial charge < -0.3 is 5.32 Å². The van der Waals surface area contributed by atoms with E-state index in [2.05, 4.69) is 5.32 Å². The summed E-state index contributed by atoms with van der Waals surface area (Å²) in [6.45, 7) is 0.918. The maximum atomic E-state index is 13.3. The SMILES string of the molecule is Fc1cccc(CCNCc2ccc(F)cc2F)c1. The molecule has 100 valence electrons. The third-order valence-corrected chi connectivity index (χ3v) is 2.81.